The molecule has 1 amide bonds. The molecule has 0 unspecified atom stereocenters. The van der Waals surface area contributed by atoms with Crippen LogP contribution in [0, 0.1) is 11.6 Å². The molecule has 0 saturated carbocycles. The number of halogens is 2. The van der Waals surface area contributed by atoms with E-state index in [4.69, 9.17) is 0 Å². The molecule has 0 bridgehead atoms. The predicted molar refractivity (Wildman–Crippen MR) is 85.1 cm³/mol. The minimum Gasteiger partial charge on any atom is -0.346 e. The van der Waals surface area contributed by atoms with E-state index in [-0.39, 0.29) is 17.8 Å². The molecule has 3 aromatic rings. The van der Waals surface area contributed by atoms with Crippen molar-refractivity contribution in [3.8, 4) is 10.6 Å². The Morgan fingerprint density at radius 3 is 2.65 bits per heavy atom. The van der Waals surface area contributed by atoms with Crippen LogP contribution in [0.5, 0.6) is 0 Å². The Bertz CT molecular complexity index is 834. The van der Waals surface area contributed by atoms with Crippen molar-refractivity contribution in [3.05, 3.63) is 76.8 Å². The summed E-state index contributed by atoms with van der Waals surface area (Å²) in [5.74, 6) is -1.73. The molecule has 1 N–H and O–H groups in total. The molecule has 1 heterocycles. The van der Waals surface area contributed by atoms with Gasteiger partial charge in [0.25, 0.3) is 5.91 Å². The van der Waals surface area contributed by atoms with E-state index in [0.29, 0.717) is 0 Å². The Morgan fingerprint density at radius 2 is 1.91 bits per heavy atom. The number of nitrogens with zero attached hydrogens (tertiary/aromatic N) is 1. The van der Waals surface area contributed by atoms with Gasteiger partial charge < -0.3 is 5.32 Å². The highest BCUT2D eigenvalue weighted by Crippen LogP contribution is 2.23. The lowest BCUT2D eigenvalue weighted by Crippen LogP contribution is -2.23. The fourth-order valence-corrected chi connectivity index (χ4v) is 2.83. The maximum atomic E-state index is 13.5. The molecule has 23 heavy (non-hydrogen) atoms. The van der Waals surface area contributed by atoms with Crippen LogP contribution in [0.3, 0.4) is 0 Å². The maximum absolute atomic E-state index is 13.5. The van der Waals surface area contributed by atoms with Crippen LogP contribution in [-0.2, 0) is 6.54 Å². The zero-order valence-corrected chi connectivity index (χ0v) is 12.7. The number of carbonyl (C=O) groups excluding carboxylic acids is 1. The van der Waals surface area contributed by atoms with Crippen LogP contribution in [0.15, 0.2) is 53.9 Å². The van der Waals surface area contributed by atoms with E-state index < -0.39 is 17.5 Å². The van der Waals surface area contributed by atoms with Crippen molar-refractivity contribution in [1.29, 1.82) is 0 Å². The second kappa shape index (κ2) is 6.66. The third kappa shape index (κ3) is 3.60. The number of nitrogens with one attached hydrogen (secondary N) is 1. The number of carbonyl (C=O) groups is 1. The van der Waals surface area contributed by atoms with Crippen molar-refractivity contribution in [1.82, 2.24) is 10.3 Å². The lowest BCUT2D eigenvalue weighted by molar-refractivity contribution is 0.0946. The van der Waals surface area contributed by atoms with Crippen molar-refractivity contribution in [2.45, 2.75) is 6.54 Å². The van der Waals surface area contributed by atoms with Crippen LogP contribution >= 0.6 is 11.3 Å². The highest BCUT2D eigenvalue weighted by molar-refractivity contribution is 7.13. The van der Waals surface area contributed by atoms with Crippen LogP contribution in [-0.4, -0.2) is 10.9 Å². The van der Waals surface area contributed by atoms with Gasteiger partial charge in [0.15, 0.2) is 0 Å². The quantitative estimate of drug-likeness (QED) is 0.785. The van der Waals surface area contributed by atoms with Crippen molar-refractivity contribution in [3.63, 3.8) is 0 Å². The molecule has 116 valence electrons. The number of hydrogen-bond donors (Lipinski definition) is 1. The van der Waals surface area contributed by atoms with Gasteiger partial charge in [0.05, 0.1) is 0 Å². The van der Waals surface area contributed by atoms with E-state index in [0.717, 1.165) is 22.7 Å². The van der Waals surface area contributed by atoms with E-state index >= 15 is 0 Å². The summed E-state index contributed by atoms with van der Waals surface area (Å²) in [6, 6.07) is 12.8. The van der Waals surface area contributed by atoms with Crippen molar-refractivity contribution in [2.24, 2.45) is 0 Å². The first-order valence-corrected chi connectivity index (χ1v) is 7.74. The SMILES string of the molecule is O=C(NCc1ccc(F)cc1F)c1csc(-c2ccccc2)n1. The molecular weight excluding hydrogens is 318 g/mol. The maximum Gasteiger partial charge on any atom is 0.271 e. The predicted octanol–water partition coefficient (Wildman–Crippen LogP) is 4.02. The topological polar surface area (TPSA) is 42.0 Å². The molecule has 0 atom stereocenters. The minimum absolute atomic E-state index is 0.0247. The summed E-state index contributed by atoms with van der Waals surface area (Å²) in [7, 11) is 0. The summed E-state index contributed by atoms with van der Waals surface area (Å²) in [5.41, 5.74) is 1.43. The summed E-state index contributed by atoms with van der Waals surface area (Å²) in [6.07, 6.45) is 0. The van der Waals surface area contributed by atoms with Gasteiger partial charge in [-0.2, -0.15) is 0 Å². The minimum atomic E-state index is -0.687. The molecule has 0 saturated heterocycles. The molecular formula is C17H12F2N2OS. The normalized spacial score (nSPS) is 10.5. The zero-order chi connectivity index (χ0) is 16.2. The molecule has 6 heteroatoms. The molecule has 0 radical (unpaired) electrons. The molecule has 3 nitrogen and oxygen atoms in total. The van der Waals surface area contributed by atoms with Gasteiger partial charge in [-0.05, 0) is 6.07 Å². The average molecular weight is 330 g/mol. The molecule has 0 aliphatic carbocycles. The van der Waals surface area contributed by atoms with E-state index in [2.05, 4.69) is 10.3 Å². The first-order valence-electron chi connectivity index (χ1n) is 6.86. The van der Waals surface area contributed by atoms with Crippen LogP contribution in [0.25, 0.3) is 10.6 Å². The summed E-state index contributed by atoms with van der Waals surface area (Å²) in [4.78, 5) is 16.4. The molecule has 0 spiro atoms. The molecule has 0 aliphatic heterocycles. The summed E-state index contributed by atoms with van der Waals surface area (Å²) in [5, 5.41) is 4.97. The standard InChI is InChI=1S/C17H12F2N2OS/c18-13-7-6-12(14(19)8-13)9-20-16(22)15-10-23-17(21-15)11-4-2-1-3-5-11/h1-8,10H,9H2,(H,20,22). The first-order chi connectivity index (χ1) is 11.1. The van der Waals surface area contributed by atoms with Gasteiger partial charge >= 0.3 is 0 Å². The second-order valence-electron chi connectivity index (χ2n) is 4.82. The molecule has 1 aromatic heterocycles. The van der Waals surface area contributed by atoms with Gasteiger partial charge in [0, 0.05) is 29.1 Å². The van der Waals surface area contributed by atoms with Gasteiger partial charge in [-0.15, -0.1) is 11.3 Å². The number of aromatic nitrogens is 1. The number of hydrogen-bond acceptors (Lipinski definition) is 3. The lowest BCUT2D eigenvalue weighted by Gasteiger charge is -2.05. The van der Waals surface area contributed by atoms with Crippen molar-refractivity contribution in [2.75, 3.05) is 0 Å². The Labute approximate surface area is 135 Å². The highest BCUT2D eigenvalue weighted by atomic mass is 32.1. The summed E-state index contributed by atoms with van der Waals surface area (Å²) in [6.45, 7) is -0.0247. The number of amides is 1. The Balaban J connectivity index is 1.68. The molecule has 2 aromatic carbocycles. The largest absolute Gasteiger partial charge is 0.346 e. The molecule has 0 fully saturated rings. The van der Waals surface area contributed by atoms with Gasteiger partial charge in [-0.25, -0.2) is 13.8 Å². The first kappa shape index (κ1) is 15.3. The number of rotatable bonds is 4. The van der Waals surface area contributed by atoms with Crippen molar-refractivity contribution < 1.29 is 13.6 Å². The number of thiazole rings is 1. The Hall–Kier alpha value is -2.60. The second-order valence-corrected chi connectivity index (χ2v) is 5.68. The lowest BCUT2D eigenvalue weighted by atomic mass is 10.2. The van der Waals surface area contributed by atoms with Crippen LogP contribution in [0.2, 0.25) is 0 Å². The summed E-state index contributed by atoms with van der Waals surface area (Å²) < 4.78 is 26.4. The zero-order valence-electron chi connectivity index (χ0n) is 11.9. The van der Waals surface area contributed by atoms with E-state index in [9.17, 15) is 13.6 Å². The van der Waals surface area contributed by atoms with Crippen LogP contribution < -0.4 is 5.32 Å². The van der Waals surface area contributed by atoms with Crippen molar-refractivity contribution >= 4 is 17.2 Å². The highest BCUT2D eigenvalue weighted by Gasteiger charge is 2.12. The van der Waals surface area contributed by atoms with E-state index in [1.165, 1.54) is 17.4 Å². The van der Waals surface area contributed by atoms with Gasteiger partial charge in [-0.1, -0.05) is 36.4 Å². The average Bonchev–Trinajstić information content (AvgIpc) is 3.05. The van der Waals surface area contributed by atoms with Crippen LogP contribution in [0.4, 0.5) is 8.78 Å². The fourth-order valence-electron chi connectivity index (χ4n) is 2.02. The van der Waals surface area contributed by atoms with E-state index in [1.807, 2.05) is 30.3 Å². The van der Waals surface area contributed by atoms with Crippen LogP contribution in [0.1, 0.15) is 16.1 Å². The molecule has 3 rings (SSSR count). The molecule has 0 aliphatic rings. The monoisotopic (exact) mass is 330 g/mol. The van der Waals surface area contributed by atoms with Gasteiger partial charge in [0.2, 0.25) is 0 Å². The Morgan fingerprint density at radius 1 is 1.13 bits per heavy atom. The van der Waals surface area contributed by atoms with E-state index in [1.54, 1.807) is 5.38 Å². The summed E-state index contributed by atoms with van der Waals surface area (Å²) >= 11 is 1.36. The number of benzene rings is 2. The van der Waals surface area contributed by atoms with Gasteiger partial charge in [-0.3, -0.25) is 4.79 Å². The fraction of sp³-hybridized carbons (Fsp3) is 0.0588. The third-order valence-electron chi connectivity index (χ3n) is 3.21. The Kier molecular flexibility index (Phi) is 4.43. The smallest absolute Gasteiger partial charge is 0.271 e. The third-order valence-corrected chi connectivity index (χ3v) is 4.10. The van der Waals surface area contributed by atoms with Gasteiger partial charge in [0.1, 0.15) is 22.3 Å².